The molecule has 0 radical (unpaired) electrons. The zero-order valence-electron chi connectivity index (χ0n) is 30.2. The van der Waals surface area contributed by atoms with Crippen LogP contribution in [0.3, 0.4) is 0 Å². The summed E-state index contributed by atoms with van der Waals surface area (Å²) in [6, 6.07) is 26.9. The molecule has 9 heteroatoms. The molecule has 2 unspecified atom stereocenters. The van der Waals surface area contributed by atoms with Crippen molar-refractivity contribution in [2.75, 3.05) is 11.9 Å². The number of hydrogen-bond acceptors (Lipinski definition) is 7. The third-order valence-corrected chi connectivity index (χ3v) is 8.42. The van der Waals surface area contributed by atoms with Crippen LogP contribution in [-0.4, -0.2) is 29.1 Å². The van der Waals surface area contributed by atoms with Gasteiger partial charge in [0.1, 0.15) is 11.5 Å². The Labute approximate surface area is 297 Å². The Morgan fingerprint density at radius 1 is 0.880 bits per heavy atom. The van der Waals surface area contributed by atoms with Crippen molar-refractivity contribution in [3.8, 4) is 11.5 Å². The maximum absolute atomic E-state index is 12.8. The Kier molecular flexibility index (Phi) is 15.7. The molecule has 6 N–H and O–H groups in total. The number of nitrogens with two attached hydrogens (primary N) is 2. The van der Waals surface area contributed by atoms with E-state index in [4.69, 9.17) is 21.2 Å². The Morgan fingerprint density at radius 3 is 2.28 bits per heavy atom. The van der Waals surface area contributed by atoms with Gasteiger partial charge in [-0.2, -0.15) is 0 Å². The van der Waals surface area contributed by atoms with E-state index in [9.17, 15) is 9.59 Å². The number of aryl methyl sites for hydroxylation is 1. The van der Waals surface area contributed by atoms with E-state index in [1.54, 1.807) is 18.5 Å². The molecule has 0 aliphatic heterocycles. The molecule has 2 amide bonds. The molecule has 264 valence electrons. The number of anilines is 1. The molecule has 0 saturated carbocycles. The summed E-state index contributed by atoms with van der Waals surface area (Å²) in [5, 5.41) is 6.02. The van der Waals surface area contributed by atoms with Crippen molar-refractivity contribution >= 4 is 28.9 Å². The number of aliphatic imine (C=N–C) groups is 1. The van der Waals surface area contributed by atoms with Crippen molar-refractivity contribution in [2.45, 2.75) is 67.2 Å². The molecule has 1 aromatic heterocycles. The molecule has 4 aromatic rings. The van der Waals surface area contributed by atoms with Crippen molar-refractivity contribution < 1.29 is 14.3 Å². The van der Waals surface area contributed by atoms with Crippen LogP contribution in [0.2, 0.25) is 0 Å². The Hall–Kier alpha value is -5.44. The minimum Gasteiger partial charge on any atom is -0.457 e. The zero-order valence-corrected chi connectivity index (χ0v) is 30.2. The van der Waals surface area contributed by atoms with Gasteiger partial charge in [-0.25, -0.2) is 0 Å². The molecular weight excluding hydrogens is 624 g/mol. The minimum absolute atomic E-state index is 0.0516. The first-order chi connectivity index (χ1) is 24.0. The first kappa shape index (κ1) is 39.0. The molecule has 0 aliphatic rings. The van der Waals surface area contributed by atoms with Gasteiger partial charge in [0.05, 0.1) is 29.1 Å². The lowest BCUT2D eigenvalue weighted by Crippen LogP contribution is -2.25. The fraction of sp³-hybridized carbons (Fsp3) is 0.317. The van der Waals surface area contributed by atoms with Gasteiger partial charge in [-0.1, -0.05) is 64.1 Å². The van der Waals surface area contributed by atoms with E-state index < -0.39 is 0 Å². The first-order valence-electron chi connectivity index (χ1n) is 17.2. The highest BCUT2D eigenvalue weighted by molar-refractivity contribution is 6.06. The monoisotopic (exact) mass is 676 g/mol. The van der Waals surface area contributed by atoms with Crippen LogP contribution >= 0.6 is 0 Å². The van der Waals surface area contributed by atoms with Crippen molar-refractivity contribution in [2.24, 2.45) is 28.3 Å². The smallest absolute Gasteiger partial charge is 0.255 e. The van der Waals surface area contributed by atoms with Crippen LogP contribution in [-0.2, 0) is 4.79 Å². The van der Waals surface area contributed by atoms with Gasteiger partial charge in [-0.05, 0) is 111 Å². The predicted molar refractivity (Wildman–Crippen MR) is 205 cm³/mol. The molecule has 0 spiro atoms. The summed E-state index contributed by atoms with van der Waals surface area (Å²) in [4.78, 5) is 32.7. The van der Waals surface area contributed by atoms with Gasteiger partial charge in [-0.15, -0.1) is 0 Å². The molecule has 0 bridgehead atoms. The number of ether oxygens (including phenoxy) is 1. The predicted octanol–water partition coefficient (Wildman–Crippen LogP) is 8.68. The average Bonchev–Trinajstić information content (AvgIpc) is 3.13. The maximum Gasteiger partial charge on any atom is 0.255 e. The van der Waals surface area contributed by atoms with E-state index in [1.807, 2.05) is 93.6 Å². The molecule has 0 fully saturated rings. The molecular formula is C41H52N6O3. The summed E-state index contributed by atoms with van der Waals surface area (Å²) < 4.78 is 6.05. The summed E-state index contributed by atoms with van der Waals surface area (Å²) in [5.74, 6) is 2.03. The zero-order chi connectivity index (χ0) is 36.5. The van der Waals surface area contributed by atoms with Gasteiger partial charge in [0, 0.05) is 24.2 Å². The van der Waals surface area contributed by atoms with Gasteiger partial charge < -0.3 is 26.8 Å². The summed E-state index contributed by atoms with van der Waals surface area (Å²) >= 11 is 0. The minimum atomic E-state index is -0.233. The first-order valence-corrected chi connectivity index (χ1v) is 17.2. The maximum atomic E-state index is 12.8. The molecule has 9 nitrogen and oxygen atoms in total. The van der Waals surface area contributed by atoms with Gasteiger partial charge in [0.15, 0.2) is 0 Å². The molecule has 3 aromatic carbocycles. The molecule has 2 atom stereocenters. The number of rotatable bonds is 15. The molecule has 0 saturated heterocycles. The average molecular weight is 677 g/mol. The number of pyridine rings is 1. The van der Waals surface area contributed by atoms with Gasteiger partial charge in [0.2, 0.25) is 5.91 Å². The van der Waals surface area contributed by atoms with E-state index in [1.165, 1.54) is 0 Å². The number of nitrogens with one attached hydrogen (secondary N) is 2. The number of primary amides is 1. The van der Waals surface area contributed by atoms with Gasteiger partial charge >= 0.3 is 0 Å². The molecule has 4 rings (SSSR count). The van der Waals surface area contributed by atoms with Crippen LogP contribution in [0.5, 0.6) is 11.5 Å². The number of allylic oxidation sites excluding steroid dienone is 1. The lowest BCUT2D eigenvalue weighted by atomic mass is 9.95. The Balaban J connectivity index is 0.000000381. The number of carbonyl (C=O) groups is 2. The van der Waals surface area contributed by atoms with E-state index in [0.717, 1.165) is 77.6 Å². The van der Waals surface area contributed by atoms with Crippen LogP contribution in [0.25, 0.3) is 0 Å². The quantitative estimate of drug-likeness (QED) is 0.0732. The summed E-state index contributed by atoms with van der Waals surface area (Å²) in [7, 11) is 0. The van der Waals surface area contributed by atoms with E-state index in [0.29, 0.717) is 11.3 Å². The highest BCUT2D eigenvalue weighted by Crippen LogP contribution is 2.28. The van der Waals surface area contributed by atoms with Crippen LogP contribution < -0.4 is 26.8 Å². The topological polar surface area (TPSA) is 145 Å². The lowest BCUT2D eigenvalue weighted by molar-refractivity contribution is -0.121. The SMILES string of the molecule is CC/C(C)=C(\N)NCCCC(C)C(N)=O.CCC(C)C(=Nc1cc(C(=O)Nc2cccnc2)ccc1C)c1cccc(Oc2ccccc2)c1. The number of carbonyl (C=O) groups excluding carboxylic acids is 2. The number of amides is 2. The van der Waals surface area contributed by atoms with Crippen molar-refractivity contribution in [1.82, 2.24) is 10.3 Å². The summed E-state index contributed by atoms with van der Waals surface area (Å²) in [6.07, 6.45) is 6.89. The standard InChI is InChI=1S/C30H29N3O2.C11H23N3O/c1-4-21(2)29(23-10-8-14-27(18-23)35-26-12-6-5-7-13-26)33-28-19-24(16-15-22(28)3)30(34)32-25-11-9-17-31-20-25;1-4-8(2)10(12)14-7-5-6-9(3)11(13)15/h5-21H,4H2,1-3H3,(H,32,34);9,14H,4-7,12H2,1-3H3,(H2,13,15)/b;10-8+. The van der Waals surface area contributed by atoms with E-state index in [-0.39, 0.29) is 23.7 Å². The third kappa shape index (κ3) is 12.5. The Morgan fingerprint density at radius 2 is 1.62 bits per heavy atom. The van der Waals surface area contributed by atoms with Crippen molar-refractivity contribution in [3.63, 3.8) is 0 Å². The van der Waals surface area contributed by atoms with Gasteiger partial charge in [0.25, 0.3) is 5.91 Å². The van der Waals surface area contributed by atoms with Gasteiger partial charge in [-0.3, -0.25) is 19.6 Å². The molecule has 0 aliphatic carbocycles. The number of aromatic nitrogens is 1. The van der Waals surface area contributed by atoms with Crippen LogP contribution in [0.4, 0.5) is 11.4 Å². The summed E-state index contributed by atoms with van der Waals surface area (Å²) in [5.41, 5.74) is 17.0. The molecule has 1 heterocycles. The number of nitrogens with zero attached hydrogens (tertiary/aromatic N) is 2. The second-order valence-electron chi connectivity index (χ2n) is 12.4. The number of hydrogen-bond donors (Lipinski definition) is 4. The fourth-order valence-electron chi connectivity index (χ4n) is 4.75. The third-order valence-electron chi connectivity index (χ3n) is 8.42. The Bertz CT molecular complexity index is 1740. The lowest BCUT2D eigenvalue weighted by Gasteiger charge is -2.16. The van der Waals surface area contributed by atoms with Crippen molar-refractivity contribution in [3.05, 3.63) is 125 Å². The summed E-state index contributed by atoms with van der Waals surface area (Å²) in [6.45, 7) is 13.0. The largest absolute Gasteiger partial charge is 0.457 e. The van der Waals surface area contributed by atoms with Crippen molar-refractivity contribution in [1.29, 1.82) is 0 Å². The number of benzene rings is 3. The van der Waals surface area contributed by atoms with Crippen LogP contribution in [0, 0.1) is 18.8 Å². The second kappa shape index (κ2) is 20.2. The molecule has 50 heavy (non-hydrogen) atoms. The highest BCUT2D eigenvalue weighted by Gasteiger charge is 2.15. The normalized spacial score (nSPS) is 12.8. The van der Waals surface area contributed by atoms with E-state index in [2.05, 4.69) is 42.5 Å². The fourth-order valence-corrected chi connectivity index (χ4v) is 4.75. The van der Waals surface area contributed by atoms with E-state index >= 15 is 0 Å². The highest BCUT2D eigenvalue weighted by atomic mass is 16.5. The second-order valence-corrected chi connectivity index (χ2v) is 12.4. The van der Waals surface area contributed by atoms with Crippen LogP contribution in [0.15, 0.2) is 114 Å². The van der Waals surface area contributed by atoms with Crippen LogP contribution in [0.1, 0.15) is 81.8 Å². The number of para-hydroxylation sites is 1.